The van der Waals surface area contributed by atoms with E-state index in [1.54, 1.807) is 20.8 Å². The van der Waals surface area contributed by atoms with E-state index in [4.69, 9.17) is 15.2 Å². The summed E-state index contributed by atoms with van der Waals surface area (Å²) in [6.45, 7) is 10.7. The van der Waals surface area contributed by atoms with Crippen molar-refractivity contribution in [2.45, 2.75) is 71.5 Å². The van der Waals surface area contributed by atoms with Crippen LogP contribution in [0.1, 0.15) is 59.8 Å². The summed E-state index contributed by atoms with van der Waals surface area (Å²) < 4.78 is 10.5. The summed E-state index contributed by atoms with van der Waals surface area (Å²) in [5, 5.41) is 0. The lowest BCUT2D eigenvalue weighted by Gasteiger charge is -2.34. The molecule has 0 saturated carbocycles. The Bertz CT molecular complexity index is 354. The van der Waals surface area contributed by atoms with Crippen molar-refractivity contribution in [2.75, 3.05) is 0 Å². The molecule has 0 radical (unpaired) electrons. The number of ether oxygens (including phenoxy) is 2. The van der Waals surface area contributed by atoms with Crippen LogP contribution < -0.4 is 5.73 Å². The molecule has 0 saturated heterocycles. The molecule has 0 aromatic carbocycles. The highest BCUT2D eigenvalue weighted by atomic mass is 16.6. The first-order valence-electron chi connectivity index (χ1n) is 7.08. The minimum Gasteiger partial charge on any atom is -0.452 e. The van der Waals surface area contributed by atoms with Crippen molar-refractivity contribution in [2.24, 2.45) is 5.73 Å². The highest BCUT2D eigenvalue weighted by Crippen LogP contribution is 2.27. The zero-order valence-electron chi connectivity index (χ0n) is 13.0. The predicted molar refractivity (Wildman–Crippen MR) is 78.2 cm³/mol. The molecule has 20 heavy (non-hydrogen) atoms. The average molecular weight is 285 g/mol. The lowest BCUT2D eigenvalue weighted by molar-refractivity contribution is -0.165. The van der Waals surface area contributed by atoms with Crippen LogP contribution in [0.4, 0.5) is 4.79 Å². The number of esters is 1. The van der Waals surface area contributed by atoms with E-state index in [0.29, 0.717) is 12.0 Å². The summed E-state index contributed by atoms with van der Waals surface area (Å²) in [5.41, 5.74) is 4.46. The minimum atomic E-state index is -0.890. The number of hydrogen-bond donors (Lipinski definition) is 1. The molecule has 0 bridgehead atoms. The number of rotatable bonds is 9. The first kappa shape index (κ1) is 18.5. The standard InChI is InChI=1S/C15H27NO4/c1-6-7-8-9-10-15(5,12(4)19-14(16)18)20-13(17)11(2)3/h12H,2,6-10H2,1,3-5H3,(H2,16,18). The lowest BCUT2D eigenvalue weighted by atomic mass is 9.92. The van der Waals surface area contributed by atoms with Gasteiger partial charge in [-0.2, -0.15) is 0 Å². The van der Waals surface area contributed by atoms with Gasteiger partial charge in [0.1, 0.15) is 11.7 Å². The van der Waals surface area contributed by atoms with Gasteiger partial charge in [0, 0.05) is 5.57 Å². The van der Waals surface area contributed by atoms with Gasteiger partial charge < -0.3 is 15.2 Å². The van der Waals surface area contributed by atoms with Crippen LogP contribution in [0.25, 0.3) is 0 Å². The summed E-state index contributed by atoms with van der Waals surface area (Å²) in [4.78, 5) is 22.6. The third-order valence-electron chi connectivity index (χ3n) is 3.35. The molecule has 1 amide bonds. The average Bonchev–Trinajstić information content (AvgIpc) is 2.33. The minimum absolute atomic E-state index is 0.316. The predicted octanol–water partition coefficient (Wildman–Crippen LogP) is 3.32. The Labute approximate surface area is 121 Å². The van der Waals surface area contributed by atoms with Crippen molar-refractivity contribution in [1.82, 2.24) is 0 Å². The second-order valence-electron chi connectivity index (χ2n) is 5.37. The van der Waals surface area contributed by atoms with E-state index in [-0.39, 0.29) is 0 Å². The Hall–Kier alpha value is -1.52. The lowest BCUT2D eigenvalue weighted by Crippen LogP contribution is -2.45. The van der Waals surface area contributed by atoms with Gasteiger partial charge in [-0.1, -0.05) is 32.8 Å². The highest BCUT2D eigenvalue weighted by Gasteiger charge is 2.37. The molecule has 2 unspecified atom stereocenters. The Balaban J connectivity index is 4.77. The normalized spacial score (nSPS) is 15.0. The van der Waals surface area contributed by atoms with Crippen molar-refractivity contribution >= 4 is 12.1 Å². The maximum absolute atomic E-state index is 11.7. The van der Waals surface area contributed by atoms with Gasteiger partial charge in [-0.3, -0.25) is 0 Å². The van der Waals surface area contributed by atoms with Crippen LogP contribution in [0.15, 0.2) is 12.2 Å². The third kappa shape index (κ3) is 6.59. The molecular formula is C15H27NO4. The van der Waals surface area contributed by atoms with Crippen LogP contribution in [0.3, 0.4) is 0 Å². The Kier molecular flexibility index (Phi) is 7.96. The Morgan fingerprint density at radius 1 is 1.30 bits per heavy atom. The molecule has 2 atom stereocenters. The molecule has 0 aromatic heterocycles. The largest absolute Gasteiger partial charge is 0.452 e. The number of carbonyl (C=O) groups is 2. The SMILES string of the molecule is C=C(C)C(=O)OC(C)(CCCCCC)C(C)OC(N)=O. The van der Waals surface area contributed by atoms with E-state index in [0.717, 1.165) is 25.7 Å². The molecular weight excluding hydrogens is 258 g/mol. The van der Waals surface area contributed by atoms with Gasteiger partial charge in [0.25, 0.3) is 0 Å². The summed E-state index contributed by atoms with van der Waals surface area (Å²) in [6.07, 6.45) is 3.31. The van der Waals surface area contributed by atoms with E-state index < -0.39 is 23.8 Å². The number of amides is 1. The molecule has 0 spiro atoms. The van der Waals surface area contributed by atoms with Gasteiger partial charge in [0.05, 0.1) is 0 Å². The van der Waals surface area contributed by atoms with Crippen molar-refractivity contribution in [1.29, 1.82) is 0 Å². The van der Waals surface area contributed by atoms with Gasteiger partial charge in [-0.15, -0.1) is 0 Å². The summed E-state index contributed by atoms with van der Waals surface area (Å²) >= 11 is 0. The van der Waals surface area contributed by atoms with Crippen molar-refractivity contribution in [3.63, 3.8) is 0 Å². The summed E-state index contributed by atoms with van der Waals surface area (Å²) in [5.74, 6) is -0.483. The number of primary amides is 1. The van der Waals surface area contributed by atoms with Gasteiger partial charge in [0.15, 0.2) is 0 Å². The molecule has 0 aromatic rings. The molecule has 0 rings (SSSR count). The number of unbranched alkanes of at least 4 members (excludes halogenated alkanes) is 3. The van der Waals surface area contributed by atoms with Gasteiger partial charge in [-0.25, -0.2) is 9.59 Å². The molecule has 0 aliphatic heterocycles. The summed E-state index contributed by atoms with van der Waals surface area (Å²) in [6, 6.07) is 0. The number of carbonyl (C=O) groups excluding carboxylic acids is 2. The maximum atomic E-state index is 11.7. The molecule has 116 valence electrons. The first-order valence-corrected chi connectivity index (χ1v) is 7.08. The second-order valence-corrected chi connectivity index (χ2v) is 5.37. The zero-order chi connectivity index (χ0) is 15.8. The van der Waals surface area contributed by atoms with Crippen molar-refractivity contribution < 1.29 is 19.1 Å². The highest BCUT2D eigenvalue weighted by molar-refractivity contribution is 5.87. The van der Waals surface area contributed by atoms with Crippen LogP contribution >= 0.6 is 0 Å². The molecule has 0 fully saturated rings. The number of nitrogens with two attached hydrogens (primary N) is 1. The first-order chi connectivity index (χ1) is 9.23. The van der Waals surface area contributed by atoms with Crippen molar-refractivity contribution in [3.05, 3.63) is 12.2 Å². The fourth-order valence-corrected chi connectivity index (χ4v) is 1.84. The fourth-order valence-electron chi connectivity index (χ4n) is 1.84. The van der Waals surface area contributed by atoms with E-state index in [1.165, 1.54) is 0 Å². The molecule has 0 aliphatic carbocycles. The van der Waals surface area contributed by atoms with Crippen LogP contribution in [0.5, 0.6) is 0 Å². The van der Waals surface area contributed by atoms with Crippen molar-refractivity contribution in [3.8, 4) is 0 Å². The van der Waals surface area contributed by atoms with Crippen LogP contribution in [0, 0.1) is 0 Å². The third-order valence-corrected chi connectivity index (χ3v) is 3.35. The molecule has 0 heterocycles. The second kappa shape index (κ2) is 8.61. The maximum Gasteiger partial charge on any atom is 0.404 e. The topological polar surface area (TPSA) is 78.6 Å². The molecule has 5 heteroatoms. The Morgan fingerprint density at radius 3 is 2.35 bits per heavy atom. The van der Waals surface area contributed by atoms with Crippen LogP contribution in [-0.2, 0) is 14.3 Å². The van der Waals surface area contributed by atoms with Crippen LogP contribution in [0.2, 0.25) is 0 Å². The van der Waals surface area contributed by atoms with E-state index in [1.807, 2.05) is 0 Å². The molecule has 0 aliphatic rings. The van der Waals surface area contributed by atoms with E-state index >= 15 is 0 Å². The zero-order valence-corrected chi connectivity index (χ0v) is 13.0. The fraction of sp³-hybridized carbons (Fsp3) is 0.733. The summed E-state index contributed by atoms with van der Waals surface area (Å²) in [7, 11) is 0. The van der Waals surface area contributed by atoms with E-state index in [9.17, 15) is 9.59 Å². The van der Waals surface area contributed by atoms with Gasteiger partial charge in [-0.05, 0) is 33.6 Å². The molecule has 2 N–H and O–H groups in total. The van der Waals surface area contributed by atoms with Gasteiger partial charge in [0.2, 0.25) is 0 Å². The van der Waals surface area contributed by atoms with E-state index in [2.05, 4.69) is 13.5 Å². The quantitative estimate of drug-likeness (QED) is 0.400. The smallest absolute Gasteiger partial charge is 0.404 e. The van der Waals surface area contributed by atoms with Crippen LogP contribution in [-0.4, -0.2) is 23.8 Å². The molecule has 5 nitrogen and oxygen atoms in total. The Morgan fingerprint density at radius 2 is 1.90 bits per heavy atom. The number of hydrogen-bond acceptors (Lipinski definition) is 4. The van der Waals surface area contributed by atoms with Gasteiger partial charge >= 0.3 is 12.1 Å². The monoisotopic (exact) mass is 285 g/mol.